The van der Waals surface area contributed by atoms with E-state index in [0.717, 1.165) is 37.2 Å². The zero-order valence-electron chi connectivity index (χ0n) is 15.8. The van der Waals surface area contributed by atoms with E-state index in [4.69, 9.17) is 17.0 Å². The number of thiocarbonyl (C=S) groups is 1. The number of ether oxygens (including phenoxy) is 1. The molecule has 2 aromatic carbocycles. The summed E-state index contributed by atoms with van der Waals surface area (Å²) in [7, 11) is 0. The number of benzene rings is 2. The molecule has 1 amide bonds. The number of likely N-dealkylation sites (tertiary alicyclic amines) is 1. The molecule has 2 aliphatic rings. The van der Waals surface area contributed by atoms with Crippen LogP contribution in [0.25, 0.3) is 0 Å². The van der Waals surface area contributed by atoms with Crippen molar-refractivity contribution in [2.75, 3.05) is 24.5 Å². The lowest BCUT2D eigenvalue weighted by atomic mass is 10.1. The molecule has 0 aromatic heterocycles. The van der Waals surface area contributed by atoms with Crippen LogP contribution in [-0.2, 0) is 11.3 Å². The number of carbonyl (C=O) groups is 1. The SMILES string of the molecule is O=C([C@@H]1CN(C(=S)NCc2ccccc2)c2ccccc2O1)N1CCCCC1. The number of nitrogens with one attached hydrogen (secondary N) is 1. The number of hydrogen-bond donors (Lipinski definition) is 1. The van der Waals surface area contributed by atoms with Crippen LogP contribution in [0.3, 0.4) is 0 Å². The molecule has 1 saturated heterocycles. The average Bonchev–Trinajstić information content (AvgIpc) is 2.77. The lowest BCUT2D eigenvalue weighted by Gasteiger charge is -2.38. The van der Waals surface area contributed by atoms with Crippen LogP contribution in [0.15, 0.2) is 54.6 Å². The molecular formula is C22H25N3O2S. The van der Waals surface area contributed by atoms with Gasteiger partial charge in [-0.05, 0) is 49.2 Å². The summed E-state index contributed by atoms with van der Waals surface area (Å²) in [5.74, 6) is 0.762. The molecule has 2 aliphatic heterocycles. The molecule has 0 spiro atoms. The normalized spacial score (nSPS) is 18.8. The molecular weight excluding hydrogens is 370 g/mol. The predicted molar refractivity (Wildman–Crippen MR) is 115 cm³/mol. The minimum Gasteiger partial charge on any atom is -0.476 e. The first-order chi connectivity index (χ1) is 13.7. The average molecular weight is 396 g/mol. The molecule has 4 rings (SSSR count). The highest BCUT2D eigenvalue weighted by atomic mass is 32.1. The molecule has 0 radical (unpaired) electrons. The van der Waals surface area contributed by atoms with Crippen molar-refractivity contribution in [3.8, 4) is 5.75 Å². The quantitative estimate of drug-likeness (QED) is 0.808. The molecule has 6 heteroatoms. The van der Waals surface area contributed by atoms with Gasteiger partial charge in [0.05, 0.1) is 12.2 Å². The molecule has 1 fully saturated rings. The Labute approximate surface area is 171 Å². The fourth-order valence-corrected chi connectivity index (χ4v) is 3.99. The lowest BCUT2D eigenvalue weighted by molar-refractivity contribution is -0.139. The van der Waals surface area contributed by atoms with Gasteiger partial charge in [0.15, 0.2) is 11.2 Å². The van der Waals surface area contributed by atoms with Crippen molar-refractivity contribution in [2.45, 2.75) is 31.9 Å². The Bertz CT molecular complexity index is 837. The van der Waals surface area contributed by atoms with Crippen LogP contribution in [0, 0.1) is 0 Å². The second-order valence-electron chi connectivity index (χ2n) is 7.22. The van der Waals surface area contributed by atoms with Crippen molar-refractivity contribution in [2.24, 2.45) is 0 Å². The van der Waals surface area contributed by atoms with Gasteiger partial charge in [-0.3, -0.25) is 4.79 Å². The summed E-state index contributed by atoms with van der Waals surface area (Å²) < 4.78 is 6.07. The number of hydrogen-bond acceptors (Lipinski definition) is 3. The largest absolute Gasteiger partial charge is 0.476 e. The van der Waals surface area contributed by atoms with Crippen molar-refractivity contribution >= 4 is 28.9 Å². The molecule has 0 bridgehead atoms. The van der Waals surface area contributed by atoms with Crippen molar-refractivity contribution in [1.82, 2.24) is 10.2 Å². The molecule has 0 aliphatic carbocycles. The Balaban J connectivity index is 1.50. The van der Waals surface area contributed by atoms with Crippen LogP contribution >= 0.6 is 12.2 Å². The monoisotopic (exact) mass is 395 g/mol. The smallest absolute Gasteiger partial charge is 0.265 e. The van der Waals surface area contributed by atoms with E-state index in [9.17, 15) is 4.79 Å². The minimum atomic E-state index is -0.538. The Morgan fingerprint density at radius 2 is 1.75 bits per heavy atom. The number of nitrogens with zero attached hydrogens (tertiary/aromatic N) is 2. The van der Waals surface area contributed by atoms with E-state index in [1.54, 1.807) is 0 Å². The van der Waals surface area contributed by atoms with E-state index in [-0.39, 0.29) is 5.91 Å². The fourth-order valence-electron chi connectivity index (χ4n) is 3.74. The number of para-hydroxylation sites is 2. The van der Waals surface area contributed by atoms with Crippen LogP contribution in [0.5, 0.6) is 5.75 Å². The van der Waals surface area contributed by atoms with Crippen LogP contribution in [0.2, 0.25) is 0 Å². The maximum atomic E-state index is 13.0. The standard InChI is InChI=1S/C22H25N3O2S/c26-21(24-13-7-2-8-14-24)20-16-25(18-11-5-6-12-19(18)27-20)22(28)23-15-17-9-3-1-4-10-17/h1,3-6,9-12,20H,2,7-8,13-16H2,(H,23,28)/t20-/m0/s1. The molecule has 1 N–H and O–H groups in total. The van der Waals surface area contributed by atoms with Crippen molar-refractivity contribution < 1.29 is 9.53 Å². The highest BCUT2D eigenvalue weighted by molar-refractivity contribution is 7.80. The van der Waals surface area contributed by atoms with E-state index in [1.807, 2.05) is 52.3 Å². The van der Waals surface area contributed by atoms with Gasteiger partial charge < -0.3 is 19.9 Å². The van der Waals surface area contributed by atoms with E-state index in [1.165, 1.54) is 6.42 Å². The van der Waals surface area contributed by atoms with Crippen molar-refractivity contribution in [1.29, 1.82) is 0 Å². The van der Waals surface area contributed by atoms with Gasteiger partial charge in [0.1, 0.15) is 5.75 Å². The highest BCUT2D eigenvalue weighted by Gasteiger charge is 2.35. The van der Waals surface area contributed by atoms with Gasteiger partial charge in [-0.1, -0.05) is 42.5 Å². The number of piperidine rings is 1. The molecule has 2 heterocycles. The minimum absolute atomic E-state index is 0.0602. The summed E-state index contributed by atoms with van der Waals surface area (Å²) in [5.41, 5.74) is 2.06. The summed E-state index contributed by atoms with van der Waals surface area (Å²) in [6.07, 6.45) is 2.79. The summed E-state index contributed by atoms with van der Waals surface area (Å²) >= 11 is 5.68. The fraction of sp³-hybridized carbons (Fsp3) is 0.364. The van der Waals surface area contributed by atoms with Gasteiger partial charge in [0.2, 0.25) is 0 Å². The van der Waals surface area contributed by atoms with Crippen LogP contribution in [-0.4, -0.2) is 41.7 Å². The van der Waals surface area contributed by atoms with Crippen LogP contribution in [0.1, 0.15) is 24.8 Å². The topological polar surface area (TPSA) is 44.8 Å². The number of fused-ring (bicyclic) bond motifs is 1. The third-order valence-corrected chi connectivity index (χ3v) is 5.61. The summed E-state index contributed by atoms with van der Waals surface area (Å²) in [6.45, 7) is 2.70. The first kappa shape index (κ1) is 18.7. The molecule has 0 saturated carbocycles. The second-order valence-corrected chi connectivity index (χ2v) is 7.60. The van der Waals surface area contributed by atoms with E-state index in [0.29, 0.717) is 24.0 Å². The molecule has 2 aromatic rings. The van der Waals surface area contributed by atoms with Gasteiger partial charge in [-0.2, -0.15) is 0 Å². The summed E-state index contributed by atoms with van der Waals surface area (Å²) in [5, 5.41) is 3.93. The summed E-state index contributed by atoms with van der Waals surface area (Å²) in [4.78, 5) is 16.9. The molecule has 0 unspecified atom stereocenters. The third-order valence-electron chi connectivity index (χ3n) is 5.25. The number of amides is 1. The van der Waals surface area contributed by atoms with E-state index >= 15 is 0 Å². The summed E-state index contributed by atoms with van der Waals surface area (Å²) in [6, 6.07) is 17.9. The number of rotatable bonds is 3. The van der Waals surface area contributed by atoms with Gasteiger partial charge in [-0.15, -0.1) is 0 Å². The molecule has 1 atom stereocenters. The maximum absolute atomic E-state index is 13.0. The lowest BCUT2D eigenvalue weighted by Crippen LogP contribution is -2.54. The van der Waals surface area contributed by atoms with E-state index in [2.05, 4.69) is 17.4 Å². The highest BCUT2D eigenvalue weighted by Crippen LogP contribution is 2.33. The van der Waals surface area contributed by atoms with Crippen molar-refractivity contribution in [3.63, 3.8) is 0 Å². The molecule has 5 nitrogen and oxygen atoms in total. The zero-order valence-corrected chi connectivity index (χ0v) is 16.7. The Morgan fingerprint density at radius 1 is 1.04 bits per heavy atom. The van der Waals surface area contributed by atoms with Crippen molar-refractivity contribution in [3.05, 3.63) is 60.2 Å². The third kappa shape index (κ3) is 4.12. The van der Waals surface area contributed by atoms with E-state index < -0.39 is 6.10 Å². The van der Waals surface area contributed by atoms with Gasteiger partial charge in [0, 0.05) is 19.6 Å². The maximum Gasteiger partial charge on any atom is 0.265 e. The Kier molecular flexibility index (Phi) is 5.76. The molecule has 146 valence electrons. The Hall–Kier alpha value is -2.60. The Morgan fingerprint density at radius 3 is 2.54 bits per heavy atom. The van der Waals surface area contributed by atoms with Crippen LogP contribution < -0.4 is 15.0 Å². The second kappa shape index (κ2) is 8.61. The van der Waals surface area contributed by atoms with Gasteiger partial charge in [-0.25, -0.2) is 0 Å². The zero-order chi connectivity index (χ0) is 19.3. The number of carbonyl (C=O) groups excluding carboxylic acids is 1. The van der Waals surface area contributed by atoms with Gasteiger partial charge in [0.25, 0.3) is 5.91 Å². The predicted octanol–water partition coefficient (Wildman–Crippen LogP) is 3.34. The van der Waals surface area contributed by atoms with Gasteiger partial charge >= 0.3 is 0 Å². The number of anilines is 1. The first-order valence-electron chi connectivity index (χ1n) is 9.86. The molecule has 28 heavy (non-hydrogen) atoms. The first-order valence-corrected chi connectivity index (χ1v) is 10.3. The van der Waals surface area contributed by atoms with Crippen LogP contribution in [0.4, 0.5) is 5.69 Å².